The minimum atomic E-state index is 0.913. The van der Waals surface area contributed by atoms with Crippen LogP contribution >= 0.6 is 0 Å². The molecule has 3 aromatic carbocycles. The van der Waals surface area contributed by atoms with Crippen LogP contribution in [0.2, 0.25) is 0 Å². The Morgan fingerprint density at radius 3 is 2.27 bits per heavy atom. The van der Waals surface area contributed by atoms with Gasteiger partial charge in [0.15, 0.2) is 0 Å². The van der Waals surface area contributed by atoms with E-state index < -0.39 is 0 Å². The standard InChI is InChI=1S/C25H19N5/c1-14-27-13-22(28-14)17-7-5-16(6-8-17)18-9-10-19-21(12-18)23-20(4-3-11-26-23)25-24(19)29-15(2)30-25/h3-13H,1-2H3,(H,27,28)(H,29,30). The van der Waals surface area contributed by atoms with E-state index in [0.29, 0.717) is 0 Å². The maximum Gasteiger partial charge on any atom is 0.104 e. The average molecular weight is 389 g/mol. The van der Waals surface area contributed by atoms with Crippen LogP contribution in [0.4, 0.5) is 0 Å². The first-order chi connectivity index (χ1) is 14.7. The summed E-state index contributed by atoms with van der Waals surface area (Å²) in [5.41, 5.74) is 7.53. The molecule has 0 unspecified atom stereocenters. The van der Waals surface area contributed by atoms with Crippen molar-refractivity contribution in [2.45, 2.75) is 13.8 Å². The first-order valence-corrected chi connectivity index (χ1v) is 9.96. The number of nitrogens with zero attached hydrogens (tertiary/aromatic N) is 3. The molecule has 0 radical (unpaired) electrons. The number of aryl methyl sites for hydroxylation is 2. The monoisotopic (exact) mass is 389 g/mol. The molecule has 3 aromatic heterocycles. The lowest BCUT2D eigenvalue weighted by Crippen LogP contribution is -1.87. The van der Waals surface area contributed by atoms with E-state index >= 15 is 0 Å². The van der Waals surface area contributed by atoms with Gasteiger partial charge in [0.1, 0.15) is 11.6 Å². The van der Waals surface area contributed by atoms with Gasteiger partial charge in [-0.15, -0.1) is 0 Å². The third kappa shape index (κ3) is 2.52. The first-order valence-electron chi connectivity index (χ1n) is 9.96. The Balaban J connectivity index is 1.55. The molecular weight excluding hydrogens is 370 g/mol. The highest BCUT2D eigenvalue weighted by Crippen LogP contribution is 2.35. The van der Waals surface area contributed by atoms with Gasteiger partial charge in [0.2, 0.25) is 0 Å². The highest BCUT2D eigenvalue weighted by molar-refractivity contribution is 6.22. The van der Waals surface area contributed by atoms with Crippen LogP contribution in [0.25, 0.3) is 55.1 Å². The van der Waals surface area contributed by atoms with Crippen molar-refractivity contribution < 1.29 is 0 Å². The smallest absolute Gasteiger partial charge is 0.104 e. The van der Waals surface area contributed by atoms with Gasteiger partial charge < -0.3 is 9.97 Å². The number of pyridine rings is 1. The number of H-pyrrole nitrogens is 2. The van der Waals surface area contributed by atoms with Crippen LogP contribution < -0.4 is 0 Å². The van der Waals surface area contributed by atoms with E-state index in [4.69, 9.17) is 9.97 Å². The zero-order chi connectivity index (χ0) is 20.2. The van der Waals surface area contributed by atoms with Gasteiger partial charge in [0, 0.05) is 22.4 Å². The summed E-state index contributed by atoms with van der Waals surface area (Å²) in [4.78, 5) is 20.4. The number of benzene rings is 3. The predicted octanol–water partition coefficient (Wildman–Crippen LogP) is 5.94. The zero-order valence-corrected chi connectivity index (χ0v) is 16.7. The fraction of sp³-hybridized carbons (Fsp3) is 0.0800. The number of hydrogen-bond acceptors (Lipinski definition) is 3. The molecule has 2 N–H and O–H groups in total. The fourth-order valence-electron chi connectivity index (χ4n) is 4.24. The molecule has 5 nitrogen and oxygen atoms in total. The van der Waals surface area contributed by atoms with Crippen molar-refractivity contribution in [1.82, 2.24) is 24.9 Å². The van der Waals surface area contributed by atoms with Crippen LogP contribution in [0.1, 0.15) is 11.6 Å². The Morgan fingerprint density at radius 2 is 1.47 bits per heavy atom. The summed E-state index contributed by atoms with van der Waals surface area (Å²) >= 11 is 0. The van der Waals surface area contributed by atoms with E-state index in [2.05, 4.69) is 63.5 Å². The van der Waals surface area contributed by atoms with Gasteiger partial charge in [0.25, 0.3) is 0 Å². The molecule has 6 aromatic rings. The molecule has 30 heavy (non-hydrogen) atoms. The summed E-state index contributed by atoms with van der Waals surface area (Å²) in [6.45, 7) is 3.95. The highest BCUT2D eigenvalue weighted by Gasteiger charge is 2.13. The Kier molecular flexibility index (Phi) is 3.53. The molecule has 3 heterocycles. The van der Waals surface area contributed by atoms with Crippen molar-refractivity contribution in [1.29, 1.82) is 0 Å². The summed E-state index contributed by atoms with van der Waals surface area (Å²) in [5.74, 6) is 1.83. The third-order valence-electron chi connectivity index (χ3n) is 5.66. The zero-order valence-electron chi connectivity index (χ0n) is 16.7. The van der Waals surface area contributed by atoms with Gasteiger partial charge >= 0.3 is 0 Å². The minimum Gasteiger partial charge on any atom is -0.342 e. The highest BCUT2D eigenvalue weighted by atomic mass is 14.9. The van der Waals surface area contributed by atoms with Crippen molar-refractivity contribution >= 4 is 32.7 Å². The SMILES string of the molecule is Cc1ncc(-c2ccc(-c3ccc4c(c3)c3ncccc3c3nc(C)[nH]c43)cc2)[nH]1. The normalized spacial score (nSPS) is 11.7. The number of imidazole rings is 2. The van der Waals surface area contributed by atoms with Gasteiger partial charge in [-0.25, -0.2) is 9.97 Å². The van der Waals surface area contributed by atoms with Gasteiger partial charge in [-0.1, -0.05) is 36.4 Å². The lowest BCUT2D eigenvalue weighted by Gasteiger charge is -2.09. The van der Waals surface area contributed by atoms with Crippen molar-refractivity contribution in [2.24, 2.45) is 0 Å². The summed E-state index contributed by atoms with van der Waals surface area (Å²) < 4.78 is 0. The van der Waals surface area contributed by atoms with Gasteiger partial charge in [0.05, 0.1) is 28.4 Å². The molecule has 0 aliphatic heterocycles. The molecule has 0 amide bonds. The molecule has 5 heteroatoms. The van der Waals surface area contributed by atoms with E-state index in [0.717, 1.165) is 61.2 Å². The maximum atomic E-state index is 4.71. The third-order valence-corrected chi connectivity index (χ3v) is 5.66. The van der Waals surface area contributed by atoms with Crippen molar-refractivity contribution in [2.75, 3.05) is 0 Å². The summed E-state index contributed by atoms with van der Waals surface area (Å²) in [5, 5.41) is 3.35. The lowest BCUT2D eigenvalue weighted by atomic mass is 9.97. The van der Waals surface area contributed by atoms with Crippen LogP contribution in [0.15, 0.2) is 67.0 Å². The largest absolute Gasteiger partial charge is 0.342 e. The first kappa shape index (κ1) is 16.9. The van der Waals surface area contributed by atoms with E-state index in [-0.39, 0.29) is 0 Å². The number of aromatic amines is 2. The number of nitrogens with one attached hydrogen (secondary N) is 2. The summed E-state index contributed by atoms with van der Waals surface area (Å²) in [7, 11) is 0. The number of aromatic nitrogens is 5. The second-order valence-electron chi connectivity index (χ2n) is 7.67. The molecular formula is C25H19N5. The fourth-order valence-corrected chi connectivity index (χ4v) is 4.24. The molecule has 0 spiro atoms. The Hall–Kier alpha value is -3.99. The molecule has 0 saturated carbocycles. The molecule has 0 bridgehead atoms. The van der Waals surface area contributed by atoms with E-state index in [1.807, 2.05) is 32.3 Å². The van der Waals surface area contributed by atoms with Crippen LogP contribution in [0.3, 0.4) is 0 Å². The van der Waals surface area contributed by atoms with Gasteiger partial charge in [-0.3, -0.25) is 4.98 Å². The quantitative estimate of drug-likeness (QED) is 0.360. The predicted molar refractivity (Wildman–Crippen MR) is 121 cm³/mol. The van der Waals surface area contributed by atoms with Crippen molar-refractivity contribution in [3.05, 3.63) is 78.6 Å². The molecule has 6 rings (SSSR count). The summed E-state index contributed by atoms with van der Waals surface area (Å²) in [6.07, 6.45) is 3.72. The molecule has 0 aliphatic carbocycles. The Bertz CT molecular complexity index is 1550. The molecule has 0 atom stereocenters. The van der Waals surface area contributed by atoms with Crippen LogP contribution in [-0.4, -0.2) is 24.9 Å². The van der Waals surface area contributed by atoms with E-state index in [9.17, 15) is 0 Å². The Morgan fingerprint density at radius 1 is 0.667 bits per heavy atom. The van der Waals surface area contributed by atoms with Gasteiger partial charge in [-0.2, -0.15) is 0 Å². The summed E-state index contributed by atoms with van der Waals surface area (Å²) in [6, 6.07) is 19.2. The second kappa shape index (κ2) is 6.26. The minimum absolute atomic E-state index is 0.913. The van der Waals surface area contributed by atoms with Crippen molar-refractivity contribution in [3.63, 3.8) is 0 Å². The molecule has 0 fully saturated rings. The number of fused-ring (bicyclic) bond motifs is 6. The molecule has 0 saturated heterocycles. The molecule has 144 valence electrons. The van der Waals surface area contributed by atoms with Crippen molar-refractivity contribution in [3.8, 4) is 22.4 Å². The van der Waals surface area contributed by atoms with E-state index in [1.54, 1.807) is 0 Å². The average Bonchev–Trinajstić information content (AvgIpc) is 3.39. The number of rotatable bonds is 2. The van der Waals surface area contributed by atoms with Crippen LogP contribution in [-0.2, 0) is 0 Å². The molecule has 0 aliphatic rings. The van der Waals surface area contributed by atoms with E-state index in [1.165, 1.54) is 5.56 Å². The van der Waals surface area contributed by atoms with Crippen LogP contribution in [0.5, 0.6) is 0 Å². The lowest BCUT2D eigenvalue weighted by molar-refractivity contribution is 1.15. The number of hydrogen-bond donors (Lipinski definition) is 2. The Labute approximate surface area is 172 Å². The van der Waals surface area contributed by atoms with Gasteiger partial charge in [-0.05, 0) is 48.7 Å². The maximum absolute atomic E-state index is 4.71. The van der Waals surface area contributed by atoms with Crippen LogP contribution in [0, 0.1) is 13.8 Å². The second-order valence-corrected chi connectivity index (χ2v) is 7.67. The topological polar surface area (TPSA) is 70.2 Å².